The third-order valence-corrected chi connectivity index (χ3v) is 5.82. The molecule has 0 fully saturated rings. The lowest BCUT2D eigenvalue weighted by Crippen LogP contribution is -2.26. The third-order valence-electron chi connectivity index (χ3n) is 4.65. The highest BCUT2D eigenvalue weighted by molar-refractivity contribution is 7.16. The number of nitrogens with one attached hydrogen (secondary N) is 1. The van der Waals surface area contributed by atoms with Gasteiger partial charge in [0.05, 0.1) is 5.56 Å². The molecule has 6 heteroatoms. The molecule has 0 saturated carbocycles. The molecule has 1 aromatic rings. The average molecular weight is 348 g/mol. The van der Waals surface area contributed by atoms with E-state index in [9.17, 15) is 14.9 Å². The molecule has 2 N–H and O–H groups in total. The Morgan fingerprint density at radius 2 is 2.08 bits per heavy atom. The van der Waals surface area contributed by atoms with Gasteiger partial charge in [-0.2, -0.15) is 5.26 Å². The van der Waals surface area contributed by atoms with E-state index in [1.54, 1.807) is 0 Å². The van der Waals surface area contributed by atoms with Gasteiger partial charge >= 0.3 is 5.97 Å². The van der Waals surface area contributed by atoms with E-state index in [2.05, 4.69) is 32.2 Å². The van der Waals surface area contributed by atoms with Crippen molar-refractivity contribution in [2.75, 3.05) is 5.32 Å². The van der Waals surface area contributed by atoms with E-state index >= 15 is 0 Å². The van der Waals surface area contributed by atoms with Crippen LogP contribution in [0.2, 0.25) is 0 Å². The van der Waals surface area contributed by atoms with Crippen molar-refractivity contribution in [1.82, 2.24) is 0 Å². The fourth-order valence-electron chi connectivity index (χ4n) is 3.12. The molecule has 1 aromatic heterocycles. The van der Waals surface area contributed by atoms with Crippen molar-refractivity contribution in [3.63, 3.8) is 0 Å². The predicted molar refractivity (Wildman–Crippen MR) is 94.1 cm³/mol. The van der Waals surface area contributed by atoms with Crippen LogP contribution in [-0.4, -0.2) is 17.0 Å². The van der Waals surface area contributed by atoms with Crippen LogP contribution in [0.5, 0.6) is 0 Å². The van der Waals surface area contributed by atoms with Gasteiger partial charge < -0.3 is 10.4 Å². The Balaban J connectivity index is 2.10. The lowest BCUT2D eigenvalue weighted by molar-refractivity contribution is -0.137. The molecule has 1 aliphatic rings. The molecule has 1 heterocycles. The number of nitrogens with zero attached hydrogens (tertiary/aromatic N) is 1. The van der Waals surface area contributed by atoms with Crippen LogP contribution < -0.4 is 5.32 Å². The van der Waals surface area contributed by atoms with Crippen molar-refractivity contribution in [2.24, 2.45) is 11.3 Å². The Morgan fingerprint density at radius 1 is 1.38 bits per heavy atom. The van der Waals surface area contributed by atoms with Crippen LogP contribution in [0.3, 0.4) is 0 Å². The number of hydrogen-bond acceptors (Lipinski definition) is 4. The van der Waals surface area contributed by atoms with Crippen molar-refractivity contribution in [3.05, 3.63) is 16.0 Å². The first-order chi connectivity index (χ1) is 11.2. The number of rotatable bonds is 5. The van der Waals surface area contributed by atoms with E-state index in [-0.39, 0.29) is 24.2 Å². The number of carboxylic acids is 1. The summed E-state index contributed by atoms with van der Waals surface area (Å²) in [6.07, 6.45) is 3.34. The molecule has 1 aliphatic carbocycles. The van der Waals surface area contributed by atoms with E-state index < -0.39 is 5.97 Å². The Bertz CT molecular complexity index is 680. The van der Waals surface area contributed by atoms with Crippen LogP contribution in [0.25, 0.3) is 0 Å². The number of amides is 1. The topological polar surface area (TPSA) is 90.2 Å². The Kier molecular flexibility index (Phi) is 5.66. The summed E-state index contributed by atoms with van der Waals surface area (Å²) < 4.78 is 0. The predicted octanol–water partition coefficient (Wildman–Crippen LogP) is 3.96. The summed E-state index contributed by atoms with van der Waals surface area (Å²) in [5.41, 5.74) is 1.91. The first kappa shape index (κ1) is 18.5. The first-order valence-corrected chi connectivity index (χ1v) is 9.10. The molecule has 130 valence electrons. The second-order valence-electron chi connectivity index (χ2n) is 7.42. The minimum atomic E-state index is -0.902. The summed E-state index contributed by atoms with van der Waals surface area (Å²) in [6, 6.07) is 2.24. The lowest BCUT2D eigenvalue weighted by atomic mass is 9.72. The number of nitriles is 1. The van der Waals surface area contributed by atoms with Gasteiger partial charge in [-0.25, -0.2) is 0 Å². The van der Waals surface area contributed by atoms with E-state index in [1.165, 1.54) is 16.2 Å². The summed E-state index contributed by atoms with van der Waals surface area (Å²) in [7, 11) is 0. The molecule has 0 unspecified atom stereocenters. The normalized spacial score (nSPS) is 17.0. The zero-order valence-corrected chi connectivity index (χ0v) is 15.3. The van der Waals surface area contributed by atoms with Crippen LogP contribution >= 0.6 is 11.3 Å². The molecule has 0 aliphatic heterocycles. The summed E-state index contributed by atoms with van der Waals surface area (Å²) in [5.74, 6) is -0.548. The maximum atomic E-state index is 12.0. The lowest BCUT2D eigenvalue weighted by Gasteiger charge is -2.33. The van der Waals surface area contributed by atoms with E-state index in [1.807, 2.05) is 0 Å². The Hall–Kier alpha value is -1.87. The van der Waals surface area contributed by atoms with Gasteiger partial charge in [-0.15, -0.1) is 11.3 Å². The molecule has 0 aromatic carbocycles. The molecule has 0 saturated heterocycles. The summed E-state index contributed by atoms with van der Waals surface area (Å²) in [4.78, 5) is 23.7. The number of thiophene rings is 1. The maximum Gasteiger partial charge on any atom is 0.303 e. The van der Waals surface area contributed by atoms with Gasteiger partial charge in [0.25, 0.3) is 0 Å². The monoisotopic (exact) mass is 348 g/mol. The SMILES string of the molecule is CC(C)(C)[C@@H]1CCc2c(sc(NC(=O)CCCC(=O)O)c2C#N)C1. The maximum absolute atomic E-state index is 12.0. The van der Waals surface area contributed by atoms with Gasteiger partial charge in [0.1, 0.15) is 11.1 Å². The Morgan fingerprint density at radius 3 is 2.67 bits per heavy atom. The highest BCUT2D eigenvalue weighted by Gasteiger charge is 2.32. The molecule has 0 radical (unpaired) electrons. The van der Waals surface area contributed by atoms with Gasteiger partial charge in [0, 0.05) is 17.7 Å². The fraction of sp³-hybridized carbons (Fsp3) is 0.611. The fourth-order valence-corrected chi connectivity index (χ4v) is 4.41. The molecule has 5 nitrogen and oxygen atoms in total. The number of aliphatic carboxylic acids is 1. The number of hydrogen-bond donors (Lipinski definition) is 2. The van der Waals surface area contributed by atoms with Gasteiger partial charge in [0.2, 0.25) is 5.91 Å². The minimum Gasteiger partial charge on any atom is -0.481 e. The second-order valence-corrected chi connectivity index (χ2v) is 8.53. The number of carbonyl (C=O) groups is 2. The van der Waals surface area contributed by atoms with Crippen LogP contribution in [-0.2, 0) is 22.4 Å². The average Bonchev–Trinajstić information content (AvgIpc) is 2.81. The second kappa shape index (κ2) is 7.35. The molecule has 1 atom stereocenters. The quantitative estimate of drug-likeness (QED) is 0.842. The van der Waals surface area contributed by atoms with Gasteiger partial charge in [-0.3, -0.25) is 9.59 Å². The summed E-state index contributed by atoms with van der Waals surface area (Å²) in [5, 5.41) is 21.5. The van der Waals surface area contributed by atoms with Crippen LogP contribution in [0.15, 0.2) is 0 Å². The summed E-state index contributed by atoms with van der Waals surface area (Å²) in [6.45, 7) is 6.73. The third kappa shape index (κ3) is 4.35. The Labute approximate surface area is 146 Å². The van der Waals surface area contributed by atoms with Crippen molar-refractivity contribution < 1.29 is 14.7 Å². The number of anilines is 1. The molecule has 0 bridgehead atoms. The zero-order valence-electron chi connectivity index (χ0n) is 14.4. The molecule has 1 amide bonds. The first-order valence-electron chi connectivity index (χ1n) is 8.28. The highest BCUT2D eigenvalue weighted by atomic mass is 32.1. The van der Waals surface area contributed by atoms with Gasteiger partial charge in [0.15, 0.2) is 0 Å². The number of carbonyl (C=O) groups excluding carboxylic acids is 1. The zero-order chi connectivity index (χ0) is 17.9. The molecule has 0 spiro atoms. The standard InChI is InChI=1S/C18H24N2O3S/c1-18(2,3)11-7-8-12-13(10-19)17(24-14(12)9-11)20-15(21)5-4-6-16(22)23/h11H,4-9H2,1-3H3,(H,20,21)(H,22,23)/t11-/m1/s1. The van der Waals surface area contributed by atoms with Crippen molar-refractivity contribution in [1.29, 1.82) is 5.26 Å². The molecule has 24 heavy (non-hydrogen) atoms. The smallest absolute Gasteiger partial charge is 0.303 e. The van der Waals surface area contributed by atoms with E-state index in [4.69, 9.17) is 5.11 Å². The number of carboxylic acid groups (broad SMARTS) is 1. The van der Waals surface area contributed by atoms with Crippen molar-refractivity contribution in [3.8, 4) is 6.07 Å². The molecular formula is C18H24N2O3S. The van der Waals surface area contributed by atoms with Crippen LogP contribution in [0.1, 0.15) is 62.5 Å². The van der Waals surface area contributed by atoms with Crippen LogP contribution in [0, 0.1) is 22.7 Å². The van der Waals surface area contributed by atoms with Crippen LogP contribution in [0.4, 0.5) is 5.00 Å². The minimum absolute atomic E-state index is 0.0211. The highest BCUT2D eigenvalue weighted by Crippen LogP contribution is 2.43. The van der Waals surface area contributed by atoms with E-state index in [0.717, 1.165) is 24.8 Å². The van der Waals surface area contributed by atoms with Gasteiger partial charge in [-0.05, 0) is 42.6 Å². The van der Waals surface area contributed by atoms with E-state index in [0.29, 0.717) is 22.9 Å². The molecular weight excluding hydrogens is 324 g/mol. The largest absolute Gasteiger partial charge is 0.481 e. The number of fused-ring (bicyclic) bond motifs is 1. The molecule has 2 rings (SSSR count). The van der Waals surface area contributed by atoms with Crippen molar-refractivity contribution >= 4 is 28.2 Å². The van der Waals surface area contributed by atoms with Crippen molar-refractivity contribution in [2.45, 2.75) is 59.3 Å². The van der Waals surface area contributed by atoms with Gasteiger partial charge in [-0.1, -0.05) is 20.8 Å². The summed E-state index contributed by atoms with van der Waals surface area (Å²) >= 11 is 1.50.